The number of carboxylic acid groups (broad SMARTS) is 1. The number of hydrogen-bond acceptors (Lipinski definition) is 4. The fourth-order valence-corrected chi connectivity index (χ4v) is 1.83. The number of hydrogen-bond donors (Lipinski definition) is 2. The lowest BCUT2D eigenvalue weighted by molar-refractivity contribution is -0.137. The van der Waals surface area contributed by atoms with Crippen LogP contribution in [0.4, 0.5) is 4.39 Å². The van der Waals surface area contributed by atoms with Gasteiger partial charge in [-0.25, -0.2) is 4.39 Å². The Morgan fingerprint density at radius 3 is 2.50 bits per heavy atom. The fraction of sp³-hybridized carbons (Fsp3) is 0.429. The summed E-state index contributed by atoms with van der Waals surface area (Å²) in [6, 6.07) is 2.86. The minimum atomic E-state index is -1.09. The van der Waals surface area contributed by atoms with Gasteiger partial charge in [-0.1, -0.05) is 13.8 Å². The lowest BCUT2D eigenvalue weighted by Crippen LogP contribution is -2.42. The van der Waals surface area contributed by atoms with Crippen molar-refractivity contribution in [3.63, 3.8) is 0 Å². The standard InChI is InChI=1S/C14H18FNO4/c1-8(2)16-11(7-13(17)18)14(19)9-4-5-12(20-3)10(15)6-9/h4-6,8,11,16H,7H2,1-3H3,(H,17,18). The Labute approximate surface area is 116 Å². The molecule has 0 fully saturated rings. The van der Waals surface area contributed by atoms with Crippen LogP contribution in [0, 0.1) is 5.82 Å². The summed E-state index contributed by atoms with van der Waals surface area (Å²) < 4.78 is 18.4. The SMILES string of the molecule is COc1ccc(C(=O)C(CC(=O)O)NC(C)C)cc1F. The van der Waals surface area contributed by atoms with Gasteiger partial charge in [0, 0.05) is 11.6 Å². The van der Waals surface area contributed by atoms with E-state index in [9.17, 15) is 14.0 Å². The zero-order chi connectivity index (χ0) is 15.3. The number of nitrogens with one attached hydrogen (secondary N) is 1. The van der Waals surface area contributed by atoms with Crippen LogP contribution in [-0.4, -0.2) is 36.1 Å². The summed E-state index contributed by atoms with van der Waals surface area (Å²) in [6.45, 7) is 3.60. The van der Waals surface area contributed by atoms with Gasteiger partial charge in [0.15, 0.2) is 17.3 Å². The molecule has 0 saturated heterocycles. The Morgan fingerprint density at radius 2 is 2.05 bits per heavy atom. The highest BCUT2D eigenvalue weighted by atomic mass is 19.1. The van der Waals surface area contributed by atoms with Gasteiger partial charge in [0.2, 0.25) is 0 Å². The second kappa shape index (κ2) is 7.00. The van der Waals surface area contributed by atoms with E-state index in [1.807, 2.05) is 0 Å². The summed E-state index contributed by atoms with van der Waals surface area (Å²) in [5.74, 6) is -2.17. The average Bonchev–Trinajstić information content (AvgIpc) is 2.35. The first-order valence-corrected chi connectivity index (χ1v) is 6.20. The molecular weight excluding hydrogens is 265 g/mol. The Morgan fingerprint density at radius 1 is 1.40 bits per heavy atom. The summed E-state index contributed by atoms with van der Waals surface area (Å²) in [7, 11) is 1.33. The van der Waals surface area contributed by atoms with Crippen molar-refractivity contribution < 1.29 is 23.8 Å². The lowest BCUT2D eigenvalue weighted by Gasteiger charge is -2.18. The van der Waals surface area contributed by atoms with Crippen molar-refractivity contribution in [2.45, 2.75) is 32.4 Å². The Balaban J connectivity index is 2.98. The first-order valence-electron chi connectivity index (χ1n) is 6.20. The third-order valence-electron chi connectivity index (χ3n) is 2.67. The number of ketones is 1. The molecule has 0 aliphatic carbocycles. The first-order chi connectivity index (χ1) is 9.35. The largest absolute Gasteiger partial charge is 0.494 e. The fourth-order valence-electron chi connectivity index (χ4n) is 1.83. The summed E-state index contributed by atoms with van der Waals surface area (Å²) in [5.41, 5.74) is 0.114. The van der Waals surface area contributed by atoms with Crippen LogP contribution in [0.15, 0.2) is 18.2 Å². The summed E-state index contributed by atoms with van der Waals surface area (Å²) in [4.78, 5) is 23.0. The maximum atomic E-state index is 13.6. The molecule has 6 heteroatoms. The van der Waals surface area contributed by atoms with Gasteiger partial charge in [-0.05, 0) is 18.2 Å². The van der Waals surface area contributed by atoms with Crippen LogP contribution in [0.25, 0.3) is 0 Å². The molecule has 0 amide bonds. The molecule has 1 unspecified atom stereocenters. The third kappa shape index (κ3) is 4.31. The maximum Gasteiger partial charge on any atom is 0.305 e. The third-order valence-corrected chi connectivity index (χ3v) is 2.67. The van der Waals surface area contributed by atoms with Gasteiger partial charge in [0.1, 0.15) is 0 Å². The molecule has 0 saturated carbocycles. The molecule has 0 radical (unpaired) electrons. The molecule has 110 valence electrons. The van der Waals surface area contributed by atoms with Gasteiger partial charge in [-0.3, -0.25) is 9.59 Å². The predicted octanol–water partition coefficient (Wildman–Crippen LogP) is 1.86. The molecule has 0 aliphatic heterocycles. The number of halogens is 1. The van der Waals surface area contributed by atoms with E-state index in [2.05, 4.69) is 5.32 Å². The van der Waals surface area contributed by atoms with Crippen LogP contribution in [0.1, 0.15) is 30.6 Å². The van der Waals surface area contributed by atoms with Crippen LogP contribution in [0.5, 0.6) is 5.75 Å². The maximum absolute atomic E-state index is 13.6. The molecule has 0 bridgehead atoms. The quantitative estimate of drug-likeness (QED) is 0.747. The van der Waals surface area contributed by atoms with E-state index in [-0.39, 0.29) is 23.8 Å². The molecule has 2 N–H and O–H groups in total. The molecule has 5 nitrogen and oxygen atoms in total. The number of benzene rings is 1. The van der Waals surface area contributed by atoms with Crippen molar-refractivity contribution in [2.75, 3.05) is 7.11 Å². The van der Waals surface area contributed by atoms with Gasteiger partial charge < -0.3 is 15.2 Å². The number of ether oxygens (including phenoxy) is 1. The van der Waals surface area contributed by atoms with E-state index in [0.29, 0.717) is 0 Å². The van der Waals surface area contributed by atoms with Gasteiger partial charge in [-0.15, -0.1) is 0 Å². The van der Waals surface area contributed by atoms with Crippen LogP contribution in [0.2, 0.25) is 0 Å². The number of aliphatic carboxylic acids is 1. The molecule has 1 atom stereocenters. The monoisotopic (exact) mass is 283 g/mol. The van der Waals surface area contributed by atoms with E-state index in [1.54, 1.807) is 13.8 Å². The summed E-state index contributed by atoms with van der Waals surface area (Å²) >= 11 is 0. The van der Waals surface area contributed by atoms with E-state index in [4.69, 9.17) is 9.84 Å². The Hall–Kier alpha value is -1.95. The van der Waals surface area contributed by atoms with E-state index in [0.717, 1.165) is 6.07 Å². The lowest BCUT2D eigenvalue weighted by atomic mass is 10.0. The second-order valence-electron chi connectivity index (χ2n) is 4.69. The zero-order valence-corrected chi connectivity index (χ0v) is 11.6. The normalized spacial score (nSPS) is 12.2. The Bertz CT molecular complexity index is 502. The molecule has 1 aromatic rings. The molecular formula is C14H18FNO4. The Kier molecular flexibility index (Phi) is 5.64. The van der Waals surface area contributed by atoms with Crippen molar-refractivity contribution in [3.8, 4) is 5.75 Å². The predicted molar refractivity (Wildman–Crippen MR) is 71.6 cm³/mol. The molecule has 20 heavy (non-hydrogen) atoms. The van der Waals surface area contributed by atoms with Crippen molar-refractivity contribution in [1.29, 1.82) is 0 Å². The number of carboxylic acids is 1. The van der Waals surface area contributed by atoms with Crippen LogP contribution in [-0.2, 0) is 4.79 Å². The average molecular weight is 283 g/mol. The minimum absolute atomic E-state index is 0.0353. The summed E-state index contributed by atoms with van der Waals surface area (Å²) in [6.07, 6.45) is -0.356. The molecule has 0 aliphatic rings. The van der Waals surface area contributed by atoms with Gasteiger partial charge in [0.05, 0.1) is 19.6 Å². The molecule has 1 rings (SSSR count). The highest BCUT2D eigenvalue weighted by molar-refractivity contribution is 6.01. The molecule has 0 aromatic heterocycles. The highest BCUT2D eigenvalue weighted by Crippen LogP contribution is 2.19. The number of carbonyl (C=O) groups is 2. The van der Waals surface area contributed by atoms with Crippen molar-refractivity contribution in [2.24, 2.45) is 0 Å². The number of Topliss-reactive ketones (excluding diaryl/α,β-unsaturated/α-hetero) is 1. The molecule has 1 aromatic carbocycles. The van der Waals surface area contributed by atoms with Gasteiger partial charge in [-0.2, -0.15) is 0 Å². The van der Waals surface area contributed by atoms with Crippen molar-refractivity contribution >= 4 is 11.8 Å². The minimum Gasteiger partial charge on any atom is -0.494 e. The van der Waals surface area contributed by atoms with Crippen molar-refractivity contribution in [1.82, 2.24) is 5.32 Å². The zero-order valence-electron chi connectivity index (χ0n) is 11.6. The topological polar surface area (TPSA) is 75.6 Å². The first kappa shape index (κ1) is 16.1. The van der Waals surface area contributed by atoms with Crippen molar-refractivity contribution in [3.05, 3.63) is 29.6 Å². The highest BCUT2D eigenvalue weighted by Gasteiger charge is 2.24. The van der Waals surface area contributed by atoms with Crippen LogP contribution >= 0.6 is 0 Å². The van der Waals surface area contributed by atoms with Gasteiger partial charge in [0.25, 0.3) is 0 Å². The van der Waals surface area contributed by atoms with E-state index < -0.39 is 23.6 Å². The van der Waals surface area contributed by atoms with Crippen LogP contribution < -0.4 is 10.1 Å². The second-order valence-corrected chi connectivity index (χ2v) is 4.69. The van der Waals surface area contributed by atoms with E-state index in [1.165, 1.54) is 19.2 Å². The van der Waals surface area contributed by atoms with Gasteiger partial charge >= 0.3 is 5.97 Å². The number of carbonyl (C=O) groups excluding carboxylic acids is 1. The molecule has 0 heterocycles. The summed E-state index contributed by atoms with van der Waals surface area (Å²) in [5, 5.41) is 11.7. The smallest absolute Gasteiger partial charge is 0.305 e. The molecule has 0 spiro atoms. The number of methoxy groups -OCH3 is 1. The van der Waals surface area contributed by atoms with Crippen LogP contribution in [0.3, 0.4) is 0 Å². The number of rotatable bonds is 7. The van der Waals surface area contributed by atoms with E-state index >= 15 is 0 Å².